The summed E-state index contributed by atoms with van der Waals surface area (Å²) in [6.07, 6.45) is 4.20. The van der Waals surface area contributed by atoms with E-state index < -0.39 is 9.85 Å². The lowest BCUT2D eigenvalue weighted by molar-refractivity contribution is -0.393. The fourth-order valence-corrected chi connectivity index (χ4v) is 2.51. The summed E-state index contributed by atoms with van der Waals surface area (Å²) in [6, 6.07) is 13.2. The molecule has 0 radical (unpaired) electrons. The van der Waals surface area contributed by atoms with E-state index in [1.807, 2.05) is 36.5 Å². The van der Waals surface area contributed by atoms with Crippen molar-refractivity contribution in [1.29, 1.82) is 0 Å². The van der Waals surface area contributed by atoms with E-state index >= 15 is 0 Å². The molecule has 0 saturated carbocycles. The van der Waals surface area contributed by atoms with E-state index in [0.29, 0.717) is 13.0 Å². The van der Waals surface area contributed by atoms with Gasteiger partial charge >= 0.3 is 0 Å². The van der Waals surface area contributed by atoms with E-state index in [9.17, 15) is 20.2 Å². The van der Waals surface area contributed by atoms with Gasteiger partial charge in [0.05, 0.1) is 21.6 Å². The molecule has 0 aliphatic carbocycles. The number of nitrogens with one attached hydrogen (secondary N) is 1. The molecule has 0 unspecified atom stereocenters. The van der Waals surface area contributed by atoms with Crippen molar-refractivity contribution >= 4 is 17.1 Å². The summed E-state index contributed by atoms with van der Waals surface area (Å²) in [5.74, 6) is 0. The van der Waals surface area contributed by atoms with Gasteiger partial charge in [-0.25, -0.2) is 4.68 Å². The van der Waals surface area contributed by atoms with Crippen LogP contribution in [0.4, 0.5) is 17.1 Å². The van der Waals surface area contributed by atoms with Gasteiger partial charge < -0.3 is 5.32 Å². The quantitative estimate of drug-likeness (QED) is 0.514. The number of aromatic nitrogens is 2. The van der Waals surface area contributed by atoms with Crippen molar-refractivity contribution in [3.63, 3.8) is 0 Å². The van der Waals surface area contributed by atoms with Crippen LogP contribution in [-0.4, -0.2) is 26.2 Å². The highest BCUT2D eigenvalue weighted by Crippen LogP contribution is 2.28. The number of benzene rings is 2. The minimum Gasteiger partial charge on any atom is -0.379 e. The zero-order valence-electron chi connectivity index (χ0n) is 13.6. The number of nitro groups is 2. The summed E-state index contributed by atoms with van der Waals surface area (Å²) < 4.78 is 1.75. The highest BCUT2D eigenvalue weighted by Gasteiger charge is 2.18. The molecule has 0 atom stereocenters. The molecule has 2 aromatic carbocycles. The number of hydrogen-bond acceptors (Lipinski definition) is 6. The lowest BCUT2D eigenvalue weighted by Gasteiger charge is -2.08. The molecule has 9 nitrogen and oxygen atoms in total. The van der Waals surface area contributed by atoms with E-state index in [4.69, 9.17) is 0 Å². The molecular weight excluding hydrogens is 338 g/mol. The van der Waals surface area contributed by atoms with Crippen LogP contribution in [0.5, 0.6) is 0 Å². The Morgan fingerprint density at radius 1 is 1.04 bits per heavy atom. The molecule has 0 bridgehead atoms. The van der Waals surface area contributed by atoms with Gasteiger partial charge in [0.2, 0.25) is 0 Å². The Kier molecular flexibility index (Phi) is 4.88. The van der Waals surface area contributed by atoms with Crippen molar-refractivity contribution in [2.45, 2.75) is 6.42 Å². The normalized spacial score (nSPS) is 10.5. The highest BCUT2D eigenvalue weighted by molar-refractivity contribution is 5.65. The number of nitrogens with zero attached hydrogens (tertiary/aromatic N) is 4. The first-order valence-electron chi connectivity index (χ1n) is 7.80. The molecular formula is C17H15N5O4. The van der Waals surface area contributed by atoms with Crippen molar-refractivity contribution < 1.29 is 9.85 Å². The highest BCUT2D eigenvalue weighted by atomic mass is 16.6. The monoisotopic (exact) mass is 353 g/mol. The van der Waals surface area contributed by atoms with Gasteiger partial charge in [0.1, 0.15) is 5.69 Å². The molecule has 3 rings (SSSR count). The van der Waals surface area contributed by atoms with Gasteiger partial charge in [-0.05, 0) is 36.2 Å². The van der Waals surface area contributed by atoms with E-state index in [1.165, 1.54) is 12.1 Å². The second kappa shape index (κ2) is 7.43. The summed E-state index contributed by atoms with van der Waals surface area (Å²) in [6.45, 7) is 0.458. The van der Waals surface area contributed by atoms with Crippen molar-refractivity contribution in [2.24, 2.45) is 0 Å². The van der Waals surface area contributed by atoms with Crippen LogP contribution in [0.2, 0.25) is 0 Å². The van der Waals surface area contributed by atoms with Crippen LogP contribution in [0.3, 0.4) is 0 Å². The van der Waals surface area contributed by atoms with Gasteiger partial charge in [-0.2, -0.15) is 5.10 Å². The Balaban J connectivity index is 1.64. The molecule has 1 heterocycles. The topological polar surface area (TPSA) is 116 Å². The number of anilines is 1. The first-order chi connectivity index (χ1) is 12.5. The number of non-ortho nitro benzene ring substituents is 1. The van der Waals surface area contributed by atoms with Crippen LogP contribution >= 0.6 is 0 Å². The molecule has 0 aliphatic rings. The predicted molar refractivity (Wildman–Crippen MR) is 95.5 cm³/mol. The van der Waals surface area contributed by atoms with Gasteiger partial charge in [0.15, 0.2) is 0 Å². The van der Waals surface area contributed by atoms with Crippen molar-refractivity contribution in [1.82, 2.24) is 9.78 Å². The third kappa shape index (κ3) is 3.83. The van der Waals surface area contributed by atoms with Gasteiger partial charge in [-0.15, -0.1) is 0 Å². The maximum absolute atomic E-state index is 11.1. The summed E-state index contributed by atoms with van der Waals surface area (Å²) in [4.78, 5) is 20.6. The predicted octanol–water partition coefficient (Wildman–Crippen LogP) is 3.34. The minimum absolute atomic E-state index is 0.258. The first-order valence-corrected chi connectivity index (χ1v) is 7.80. The Morgan fingerprint density at radius 2 is 1.81 bits per heavy atom. The summed E-state index contributed by atoms with van der Waals surface area (Å²) in [5, 5.41) is 29.0. The Bertz CT molecular complexity index is 923. The molecule has 0 spiro atoms. The second-order valence-corrected chi connectivity index (χ2v) is 5.51. The van der Waals surface area contributed by atoms with Crippen LogP contribution in [0.1, 0.15) is 5.56 Å². The standard InChI is InChI=1S/C17H15N5O4/c23-21(24)15-6-7-16(17(12-15)22(25)26)18-10-8-13-2-4-14(5-3-13)20-11-1-9-19-20/h1-7,9,11-12,18H,8,10H2. The molecule has 1 aromatic heterocycles. The summed E-state index contributed by atoms with van der Waals surface area (Å²) in [5.41, 5.74) is 1.63. The minimum atomic E-state index is -0.655. The van der Waals surface area contributed by atoms with E-state index in [1.54, 1.807) is 10.9 Å². The lowest BCUT2D eigenvalue weighted by Crippen LogP contribution is -2.07. The molecule has 1 N–H and O–H groups in total. The Morgan fingerprint density at radius 3 is 2.42 bits per heavy atom. The molecule has 0 amide bonds. The van der Waals surface area contributed by atoms with Crippen molar-refractivity contribution in [3.8, 4) is 5.69 Å². The zero-order valence-corrected chi connectivity index (χ0v) is 13.6. The smallest absolute Gasteiger partial charge is 0.299 e. The zero-order chi connectivity index (χ0) is 18.5. The lowest BCUT2D eigenvalue weighted by atomic mass is 10.1. The molecule has 3 aromatic rings. The maximum atomic E-state index is 11.1. The van der Waals surface area contributed by atoms with Crippen LogP contribution < -0.4 is 5.32 Å². The van der Waals surface area contributed by atoms with Gasteiger partial charge in [-0.3, -0.25) is 20.2 Å². The second-order valence-electron chi connectivity index (χ2n) is 5.51. The van der Waals surface area contributed by atoms with Gasteiger partial charge in [-0.1, -0.05) is 12.1 Å². The largest absolute Gasteiger partial charge is 0.379 e. The molecule has 132 valence electrons. The van der Waals surface area contributed by atoms with E-state index in [0.717, 1.165) is 17.3 Å². The summed E-state index contributed by atoms with van der Waals surface area (Å²) in [7, 11) is 0. The van der Waals surface area contributed by atoms with E-state index in [-0.39, 0.29) is 17.1 Å². The number of rotatable bonds is 7. The fraction of sp³-hybridized carbons (Fsp3) is 0.118. The van der Waals surface area contributed by atoms with Crippen molar-refractivity contribution in [2.75, 3.05) is 11.9 Å². The Hall–Kier alpha value is -3.75. The van der Waals surface area contributed by atoms with Crippen molar-refractivity contribution in [3.05, 3.63) is 86.7 Å². The van der Waals surface area contributed by atoms with Crippen LogP contribution in [-0.2, 0) is 6.42 Å². The molecule has 0 fully saturated rings. The average molecular weight is 353 g/mol. The number of hydrogen-bond donors (Lipinski definition) is 1. The molecule has 9 heteroatoms. The SMILES string of the molecule is O=[N+]([O-])c1ccc(NCCc2ccc(-n3cccn3)cc2)c([N+](=O)[O-])c1. The average Bonchev–Trinajstić information content (AvgIpc) is 3.17. The number of nitro benzene ring substituents is 2. The van der Waals surface area contributed by atoms with Gasteiger partial charge in [0, 0.05) is 25.0 Å². The molecule has 0 aliphatic heterocycles. The van der Waals surface area contributed by atoms with Crippen LogP contribution in [0.15, 0.2) is 60.9 Å². The summed E-state index contributed by atoms with van der Waals surface area (Å²) >= 11 is 0. The molecule has 26 heavy (non-hydrogen) atoms. The van der Waals surface area contributed by atoms with E-state index in [2.05, 4.69) is 10.4 Å². The Labute approximate surface area is 148 Å². The maximum Gasteiger partial charge on any atom is 0.299 e. The third-order valence-corrected chi connectivity index (χ3v) is 3.82. The van der Waals surface area contributed by atoms with Crippen LogP contribution in [0.25, 0.3) is 5.69 Å². The van der Waals surface area contributed by atoms with Gasteiger partial charge in [0.25, 0.3) is 11.4 Å². The fourth-order valence-electron chi connectivity index (χ4n) is 2.51. The molecule has 0 saturated heterocycles. The first kappa shape index (κ1) is 17.1. The van der Waals surface area contributed by atoms with Crippen LogP contribution in [0, 0.1) is 20.2 Å². The third-order valence-electron chi connectivity index (χ3n) is 3.82.